The Bertz CT molecular complexity index is 329. The predicted octanol–water partition coefficient (Wildman–Crippen LogP) is 2.58. The third kappa shape index (κ3) is 5.85. The van der Waals surface area contributed by atoms with E-state index in [0.717, 1.165) is 31.9 Å². The van der Waals surface area contributed by atoms with Crippen LogP contribution in [0.15, 0.2) is 24.3 Å². The molecule has 1 aromatic carbocycles. The number of methoxy groups -OCH3 is 2. The Hall–Kier alpha value is -0.580. The Morgan fingerprint density at radius 2 is 1.89 bits per heavy atom. The molecule has 0 fully saturated rings. The van der Waals surface area contributed by atoms with Crippen molar-refractivity contribution < 1.29 is 9.47 Å². The van der Waals surface area contributed by atoms with E-state index < -0.39 is 0 Å². The molecule has 0 N–H and O–H groups in total. The Morgan fingerprint density at radius 1 is 1.22 bits per heavy atom. The maximum Gasteiger partial charge on any atom is 0.118 e. The van der Waals surface area contributed by atoms with Crippen molar-refractivity contribution >= 4 is 15.9 Å². The van der Waals surface area contributed by atoms with E-state index in [-0.39, 0.29) is 0 Å². The summed E-state index contributed by atoms with van der Waals surface area (Å²) in [5.74, 6) is 0.910. The van der Waals surface area contributed by atoms with Crippen LogP contribution < -0.4 is 4.74 Å². The van der Waals surface area contributed by atoms with Gasteiger partial charge in [0.1, 0.15) is 5.75 Å². The molecule has 0 aliphatic rings. The van der Waals surface area contributed by atoms with Gasteiger partial charge < -0.3 is 14.4 Å². The number of hydrogen-bond acceptors (Lipinski definition) is 3. The molecule has 4 heteroatoms. The quantitative estimate of drug-likeness (QED) is 0.688. The lowest BCUT2D eigenvalue weighted by atomic mass is 10.1. The zero-order valence-corrected chi connectivity index (χ0v) is 12.9. The van der Waals surface area contributed by atoms with Crippen LogP contribution in [-0.2, 0) is 11.2 Å². The number of halogens is 1. The van der Waals surface area contributed by atoms with Crippen molar-refractivity contribution in [2.75, 3.05) is 41.0 Å². The fourth-order valence-corrected chi connectivity index (χ4v) is 2.53. The Labute approximate surface area is 118 Å². The zero-order chi connectivity index (χ0) is 13.4. The fraction of sp³-hybridized carbons (Fsp3) is 0.571. The minimum Gasteiger partial charge on any atom is -0.497 e. The van der Waals surface area contributed by atoms with Crippen LogP contribution in [0.25, 0.3) is 0 Å². The minimum atomic E-state index is 0.392. The highest BCUT2D eigenvalue weighted by Crippen LogP contribution is 2.12. The van der Waals surface area contributed by atoms with Crippen LogP contribution in [0.1, 0.15) is 5.56 Å². The first-order valence-corrected chi connectivity index (χ1v) is 7.01. The molecule has 0 aliphatic heterocycles. The summed E-state index contributed by atoms with van der Waals surface area (Å²) in [5.41, 5.74) is 1.33. The lowest BCUT2D eigenvalue weighted by Gasteiger charge is -2.19. The normalized spacial score (nSPS) is 12.7. The van der Waals surface area contributed by atoms with Crippen LogP contribution in [0, 0.1) is 0 Å². The maximum atomic E-state index is 5.14. The number of nitrogens with zero attached hydrogens (tertiary/aromatic N) is 1. The van der Waals surface area contributed by atoms with Gasteiger partial charge in [0.15, 0.2) is 0 Å². The van der Waals surface area contributed by atoms with Gasteiger partial charge >= 0.3 is 0 Å². The van der Waals surface area contributed by atoms with Crippen molar-refractivity contribution in [3.8, 4) is 5.75 Å². The van der Waals surface area contributed by atoms with Gasteiger partial charge in [0, 0.05) is 20.2 Å². The van der Waals surface area contributed by atoms with Crippen molar-refractivity contribution in [1.82, 2.24) is 4.90 Å². The van der Waals surface area contributed by atoms with Crippen LogP contribution in [0.3, 0.4) is 0 Å². The summed E-state index contributed by atoms with van der Waals surface area (Å²) in [4.78, 5) is 2.70. The summed E-state index contributed by atoms with van der Waals surface area (Å²) in [6.45, 7) is 2.77. The van der Waals surface area contributed by atoms with E-state index in [4.69, 9.17) is 9.47 Å². The zero-order valence-electron chi connectivity index (χ0n) is 11.4. The molecule has 0 aromatic heterocycles. The van der Waals surface area contributed by atoms with E-state index in [1.165, 1.54) is 5.56 Å². The molecule has 102 valence electrons. The number of ether oxygens (including phenoxy) is 2. The van der Waals surface area contributed by atoms with E-state index in [0.29, 0.717) is 4.83 Å². The first-order valence-electron chi connectivity index (χ1n) is 6.10. The standard InChI is InChI=1S/C14H22BrNO2/c1-16(10-13(15)11-17-2)9-8-12-4-6-14(18-3)7-5-12/h4-7,13H,8-11H2,1-3H3. The monoisotopic (exact) mass is 315 g/mol. The average Bonchev–Trinajstić information content (AvgIpc) is 2.37. The largest absolute Gasteiger partial charge is 0.497 e. The number of rotatable bonds is 8. The van der Waals surface area contributed by atoms with Crippen molar-refractivity contribution in [3.05, 3.63) is 29.8 Å². The third-order valence-corrected chi connectivity index (χ3v) is 3.35. The number of hydrogen-bond donors (Lipinski definition) is 0. The van der Waals surface area contributed by atoms with Crippen LogP contribution in [0.2, 0.25) is 0 Å². The molecular formula is C14H22BrNO2. The van der Waals surface area contributed by atoms with Crippen molar-refractivity contribution in [1.29, 1.82) is 0 Å². The van der Waals surface area contributed by atoms with Crippen molar-refractivity contribution in [2.45, 2.75) is 11.2 Å². The van der Waals surface area contributed by atoms with Gasteiger partial charge in [-0.05, 0) is 31.2 Å². The van der Waals surface area contributed by atoms with Gasteiger partial charge in [-0.15, -0.1) is 0 Å². The molecule has 18 heavy (non-hydrogen) atoms. The van der Waals surface area contributed by atoms with E-state index >= 15 is 0 Å². The van der Waals surface area contributed by atoms with Crippen LogP contribution in [0.5, 0.6) is 5.75 Å². The second-order valence-electron chi connectivity index (χ2n) is 4.41. The molecule has 0 aliphatic carbocycles. The first kappa shape index (κ1) is 15.5. The van der Waals surface area contributed by atoms with Crippen LogP contribution in [0.4, 0.5) is 0 Å². The van der Waals surface area contributed by atoms with Gasteiger partial charge in [-0.25, -0.2) is 0 Å². The molecule has 0 radical (unpaired) electrons. The van der Waals surface area contributed by atoms with Crippen LogP contribution >= 0.6 is 15.9 Å². The molecule has 3 nitrogen and oxygen atoms in total. The molecule has 0 amide bonds. The molecule has 0 saturated carbocycles. The third-order valence-electron chi connectivity index (χ3n) is 2.80. The highest BCUT2D eigenvalue weighted by Gasteiger charge is 2.07. The Balaban J connectivity index is 2.30. The summed E-state index contributed by atoms with van der Waals surface area (Å²) in [7, 11) is 5.55. The molecular weight excluding hydrogens is 294 g/mol. The SMILES string of the molecule is COCC(Br)CN(C)CCc1ccc(OC)cc1. The Morgan fingerprint density at radius 3 is 2.44 bits per heavy atom. The van der Waals surface area contributed by atoms with Gasteiger partial charge in [-0.3, -0.25) is 0 Å². The topological polar surface area (TPSA) is 21.7 Å². The summed E-state index contributed by atoms with van der Waals surface area (Å²) >= 11 is 3.60. The molecule has 1 atom stereocenters. The molecule has 0 bridgehead atoms. The average molecular weight is 316 g/mol. The maximum absolute atomic E-state index is 5.14. The van der Waals surface area contributed by atoms with Gasteiger partial charge in [0.05, 0.1) is 18.5 Å². The molecule has 1 unspecified atom stereocenters. The van der Waals surface area contributed by atoms with E-state index in [1.807, 2.05) is 12.1 Å². The first-order chi connectivity index (χ1) is 8.65. The highest BCUT2D eigenvalue weighted by molar-refractivity contribution is 9.09. The summed E-state index contributed by atoms with van der Waals surface area (Å²) < 4.78 is 10.2. The molecule has 1 aromatic rings. The van der Waals surface area contributed by atoms with E-state index in [1.54, 1.807) is 14.2 Å². The predicted molar refractivity (Wildman–Crippen MR) is 78.8 cm³/mol. The van der Waals surface area contributed by atoms with Gasteiger partial charge in [0.25, 0.3) is 0 Å². The lowest BCUT2D eigenvalue weighted by Crippen LogP contribution is -2.30. The number of alkyl halides is 1. The minimum absolute atomic E-state index is 0.392. The fourth-order valence-electron chi connectivity index (χ4n) is 1.78. The number of benzene rings is 1. The lowest BCUT2D eigenvalue weighted by molar-refractivity contribution is 0.186. The molecule has 0 spiro atoms. The van der Waals surface area contributed by atoms with Gasteiger partial charge in [0.2, 0.25) is 0 Å². The molecule has 0 saturated heterocycles. The highest BCUT2D eigenvalue weighted by atomic mass is 79.9. The summed E-state index contributed by atoms with van der Waals surface area (Å²) in [6, 6.07) is 8.25. The van der Waals surface area contributed by atoms with E-state index in [2.05, 4.69) is 40.0 Å². The van der Waals surface area contributed by atoms with Crippen molar-refractivity contribution in [3.63, 3.8) is 0 Å². The molecule has 0 heterocycles. The summed E-state index contributed by atoms with van der Waals surface area (Å²) in [6.07, 6.45) is 1.05. The second-order valence-corrected chi connectivity index (χ2v) is 5.71. The second kappa shape index (κ2) is 8.51. The van der Waals surface area contributed by atoms with Crippen LogP contribution in [-0.4, -0.2) is 50.7 Å². The van der Waals surface area contributed by atoms with Crippen molar-refractivity contribution in [2.24, 2.45) is 0 Å². The smallest absolute Gasteiger partial charge is 0.118 e. The van der Waals surface area contributed by atoms with Gasteiger partial charge in [-0.2, -0.15) is 0 Å². The summed E-state index contributed by atoms with van der Waals surface area (Å²) in [5, 5.41) is 0. The molecule has 1 rings (SSSR count). The van der Waals surface area contributed by atoms with E-state index in [9.17, 15) is 0 Å². The Kier molecular flexibility index (Phi) is 7.32. The van der Waals surface area contributed by atoms with Gasteiger partial charge in [-0.1, -0.05) is 28.1 Å². The number of likely N-dealkylation sites (N-methyl/N-ethyl adjacent to an activating group) is 1.